The second kappa shape index (κ2) is 7.31. The largest absolute Gasteiger partial charge is 0.496 e. The van der Waals surface area contributed by atoms with Crippen LogP contribution in [0.3, 0.4) is 0 Å². The average molecular weight is 292 g/mol. The number of nitrogens with two attached hydrogens (primary N) is 1. The Balaban J connectivity index is 2.18. The minimum absolute atomic E-state index is 0.0907. The molecule has 1 aliphatic rings. The zero-order valence-electron chi connectivity index (χ0n) is 12.8. The number of methoxy groups -OCH3 is 2. The molecule has 5 nitrogen and oxygen atoms in total. The molecule has 1 amide bonds. The molecular formula is C16H24N2O3. The molecule has 2 N–H and O–H groups in total. The van der Waals surface area contributed by atoms with Gasteiger partial charge in [-0.25, -0.2) is 0 Å². The molecule has 1 saturated heterocycles. The van der Waals surface area contributed by atoms with E-state index in [1.54, 1.807) is 14.2 Å². The van der Waals surface area contributed by atoms with E-state index in [4.69, 9.17) is 15.2 Å². The van der Waals surface area contributed by atoms with E-state index in [-0.39, 0.29) is 18.4 Å². The lowest BCUT2D eigenvalue weighted by atomic mass is 10.0. The standard InChI is InChI=1S/C16H24N2O3/c1-20-14-7-5-8-15(21-2)13(14)10-16(19)18-9-4-3-6-12(18)11-17/h5,7-8,12H,3-4,6,9-11,17H2,1-2H3. The maximum Gasteiger partial charge on any atom is 0.227 e. The molecule has 21 heavy (non-hydrogen) atoms. The van der Waals surface area contributed by atoms with Gasteiger partial charge in [0.05, 0.1) is 20.6 Å². The molecule has 1 fully saturated rings. The summed E-state index contributed by atoms with van der Waals surface area (Å²) >= 11 is 0. The van der Waals surface area contributed by atoms with Crippen LogP contribution in [0.5, 0.6) is 11.5 Å². The van der Waals surface area contributed by atoms with Crippen LogP contribution in [0.1, 0.15) is 24.8 Å². The van der Waals surface area contributed by atoms with Crippen molar-refractivity contribution in [1.82, 2.24) is 4.90 Å². The Morgan fingerprint density at radius 2 is 1.95 bits per heavy atom. The predicted molar refractivity (Wildman–Crippen MR) is 81.7 cm³/mol. The smallest absolute Gasteiger partial charge is 0.227 e. The van der Waals surface area contributed by atoms with Gasteiger partial charge < -0.3 is 20.1 Å². The quantitative estimate of drug-likeness (QED) is 0.895. The molecule has 0 spiro atoms. The fraction of sp³-hybridized carbons (Fsp3) is 0.562. The van der Waals surface area contributed by atoms with E-state index in [1.165, 1.54) is 0 Å². The average Bonchev–Trinajstić information content (AvgIpc) is 2.54. The van der Waals surface area contributed by atoms with Crippen LogP contribution in [0.25, 0.3) is 0 Å². The van der Waals surface area contributed by atoms with E-state index in [0.29, 0.717) is 18.0 Å². The predicted octanol–water partition coefficient (Wildman–Crippen LogP) is 1.59. The van der Waals surface area contributed by atoms with Crippen molar-refractivity contribution in [3.05, 3.63) is 23.8 Å². The maximum absolute atomic E-state index is 12.6. The van der Waals surface area contributed by atoms with Gasteiger partial charge in [0, 0.05) is 24.7 Å². The van der Waals surface area contributed by atoms with Crippen LogP contribution in [-0.2, 0) is 11.2 Å². The number of nitrogens with zero attached hydrogens (tertiary/aromatic N) is 1. The van der Waals surface area contributed by atoms with Gasteiger partial charge in [-0.3, -0.25) is 4.79 Å². The number of carbonyl (C=O) groups is 1. The fourth-order valence-electron chi connectivity index (χ4n) is 2.93. The Hall–Kier alpha value is -1.75. The number of amides is 1. The number of ether oxygens (including phenoxy) is 2. The van der Waals surface area contributed by atoms with Crippen LogP contribution in [0, 0.1) is 0 Å². The van der Waals surface area contributed by atoms with Crippen LogP contribution in [0.4, 0.5) is 0 Å². The van der Waals surface area contributed by atoms with Crippen LogP contribution in [0.15, 0.2) is 18.2 Å². The van der Waals surface area contributed by atoms with E-state index in [2.05, 4.69) is 0 Å². The zero-order valence-corrected chi connectivity index (χ0v) is 12.8. The van der Waals surface area contributed by atoms with Crippen LogP contribution < -0.4 is 15.2 Å². The van der Waals surface area contributed by atoms with E-state index < -0.39 is 0 Å². The Labute approximate surface area is 126 Å². The Bertz CT molecular complexity index is 468. The van der Waals surface area contributed by atoms with Crippen molar-refractivity contribution in [2.75, 3.05) is 27.3 Å². The second-order valence-electron chi connectivity index (χ2n) is 5.29. The Morgan fingerprint density at radius 3 is 2.52 bits per heavy atom. The van der Waals surface area contributed by atoms with Crippen molar-refractivity contribution < 1.29 is 14.3 Å². The molecule has 0 bridgehead atoms. The first-order valence-electron chi connectivity index (χ1n) is 7.40. The number of hydrogen-bond acceptors (Lipinski definition) is 4. The third-order valence-corrected chi connectivity index (χ3v) is 4.08. The summed E-state index contributed by atoms with van der Waals surface area (Å²) in [6, 6.07) is 5.71. The lowest BCUT2D eigenvalue weighted by Gasteiger charge is -2.35. The van der Waals surface area contributed by atoms with Gasteiger partial charge in [-0.15, -0.1) is 0 Å². The summed E-state index contributed by atoms with van der Waals surface area (Å²) < 4.78 is 10.7. The number of benzene rings is 1. The van der Waals surface area contributed by atoms with Crippen LogP contribution in [-0.4, -0.2) is 44.2 Å². The highest BCUT2D eigenvalue weighted by molar-refractivity contribution is 5.81. The first kappa shape index (κ1) is 15.6. The molecule has 1 heterocycles. The Morgan fingerprint density at radius 1 is 1.29 bits per heavy atom. The lowest BCUT2D eigenvalue weighted by Crippen LogP contribution is -2.48. The zero-order chi connectivity index (χ0) is 15.2. The molecule has 1 atom stereocenters. The number of likely N-dealkylation sites (tertiary alicyclic amines) is 1. The van der Waals surface area contributed by atoms with Gasteiger partial charge >= 0.3 is 0 Å². The molecule has 0 aliphatic carbocycles. The number of rotatable bonds is 5. The molecular weight excluding hydrogens is 268 g/mol. The molecule has 1 aromatic carbocycles. The Kier molecular flexibility index (Phi) is 5.44. The summed E-state index contributed by atoms with van der Waals surface area (Å²) in [6.45, 7) is 1.31. The van der Waals surface area contributed by atoms with Crippen molar-refractivity contribution in [3.8, 4) is 11.5 Å². The first-order chi connectivity index (χ1) is 10.2. The highest BCUT2D eigenvalue weighted by atomic mass is 16.5. The summed E-state index contributed by atoms with van der Waals surface area (Å²) in [5, 5.41) is 0. The van der Waals surface area contributed by atoms with Gasteiger partial charge in [0.1, 0.15) is 11.5 Å². The number of hydrogen-bond donors (Lipinski definition) is 1. The second-order valence-corrected chi connectivity index (χ2v) is 5.29. The summed E-state index contributed by atoms with van der Waals surface area (Å²) in [5.74, 6) is 1.46. The highest BCUT2D eigenvalue weighted by Crippen LogP contribution is 2.29. The third-order valence-electron chi connectivity index (χ3n) is 4.08. The van der Waals surface area contributed by atoms with E-state index >= 15 is 0 Å². The minimum atomic E-state index is 0.0907. The van der Waals surface area contributed by atoms with Crippen molar-refractivity contribution in [3.63, 3.8) is 0 Å². The van der Waals surface area contributed by atoms with E-state index in [0.717, 1.165) is 31.4 Å². The molecule has 1 aromatic rings. The van der Waals surface area contributed by atoms with Crippen molar-refractivity contribution in [2.24, 2.45) is 5.73 Å². The molecule has 5 heteroatoms. The molecule has 116 valence electrons. The monoisotopic (exact) mass is 292 g/mol. The van der Waals surface area contributed by atoms with Gasteiger partial charge in [0.15, 0.2) is 0 Å². The van der Waals surface area contributed by atoms with Crippen molar-refractivity contribution in [1.29, 1.82) is 0 Å². The van der Waals surface area contributed by atoms with Gasteiger partial charge in [0.2, 0.25) is 5.91 Å². The van der Waals surface area contributed by atoms with E-state index in [9.17, 15) is 4.79 Å². The molecule has 0 saturated carbocycles. The molecule has 1 unspecified atom stereocenters. The minimum Gasteiger partial charge on any atom is -0.496 e. The van der Waals surface area contributed by atoms with E-state index in [1.807, 2.05) is 23.1 Å². The maximum atomic E-state index is 12.6. The molecule has 1 aliphatic heterocycles. The molecule has 0 radical (unpaired) electrons. The SMILES string of the molecule is COc1cccc(OC)c1CC(=O)N1CCCCC1CN. The number of piperidine rings is 1. The summed E-state index contributed by atoms with van der Waals surface area (Å²) in [5.41, 5.74) is 6.59. The summed E-state index contributed by atoms with van der Waals surface area (Å²) in [4.78, 5) is 14.5. The number of carbonyl (C=O) groups excluding carboxylic acids is 1. The van der Waals surface area contributed by atoms with Gasteiger partial charge in [0.25, 0.3) is 0 Å². The van der Waals surface area contributed by atoms with Crippen LogP contribution in [0.2, 0.25) is 0 Å². The van der Waals surface area contributed by atoms with Gasteiger partial charge in [-0.05, 0) is 31.4 Å². The van der Waals surface area contributed by atoms with Crippen molar-refractivity contribution in [2.45, 2.75) is 31.7 Å². The fourth-order valence-corrected chi connectivity index (χ4v) is 2.93. The van der Waals surface area contributed by atoms with Crippen molar-refractivity contribution >= 4 is 5.91 Å². The first-order valence-corrected chi connectivity index (χ1v) is 7.40. The normalized spacial score (nSPS) is 18.4. The lowest BCUT2D eigenvalue weighted by molar-refractivity contribution is -0.133. The molecule has 2 rings (SSSR count). The third kappa shape index (κ3) is 3.47. The summed E-state index contributed by atoms with van der Waals surface area (Å²) in [7, 11) is 3.21. The van der Waals surface area contributed by atoms with Crippen LogP contribution >= 0.6 is 0 Å². The van der Waals surface area contributed by atoms with Gasteiger partial charge in [-0.2, -0.15) is 0 Å². The topological polar surface area (TPSA) is 64.8 Å². The summed E-state index contributed by atoms with van der Waals surface area (Å²) in [6.07, 6.45) is 3.46. The molecule has 0 aromatic heterocycles. The van der Waals surface area contributed by atoms with Gasteiger partial charge in [-0.1, -0.05) is 6.07 Å². The highest BCUT2D eigenvalue weighted by Gasteiger charge is 2.27.